The monoisotopic (exact) mass is 859 g/mol. The fourth-order valence-corrected chi connectivity index (χ4v) is 11.2. The lowest BCUT2D eigenvalue weighted by Gasteiger charge is -2.46. The van der Waals surface area contributed by atoms with Crippen molar-refractivity contribution in [3.8, 4) is 17.5 Å². The molecule has 318 valence electrons. The second kappa shape index (κ2) is 16.6. The molecule has 4 aromatic rings. The largest absolute Gasteiger partial charge is 0.490 e. The zero-order valence-electron chi connectivity index (χ0n) is 34.4. The minimum absolute atomic E-state index is 0.0325. The minimum Gasteiger partial charge on any atom is -0.490 e. The summed E-state index contributed by atoms with van der Waals surface area (Å²) in [5, 5.41) is 9.10. The Bertz CT molecular complexity index is 2490. The molecule has 2 bridgehead atoms. The number of nitrogens with one attached hydrogen (secondary N) is 1. The molecule has 2 aliphatic carbocycles. The van der Waals surface area contributed by atoms with Crippen LogP contribution < -0.4 is 23.8 Å². The van der Waals surface area contributed by atoms with Crippen molar-refractivity contribution in [1.29, 1.82) is 0 Å². The van der Waals surface area contributed by atoms with Crippen molar-refractivity contribution >= 4 is 45.0 Å². The Labute approximate surface area is 354 Å². The number of amides is 2. The molecule has 8 rings (SSSR count). The van der Waals surface area contributed by atoms with Crippen molar-refractivity contribution in [2.45, 2.75) is 57.0 Å². The number of rotatable bonds is 6. The predicted octanol–water partition coefficient (Wildman–Crippen LogP) is 6.10. The van der Waals surface area contributed by atoms with Crippen LogP contribution >= 0.6 is 11.6 Å². The molecule has 1 N–H and O–H groups in total. The van der Waals surface area contributed by atoms with E-state index in [4.69, 9.17) is 30.5 Å². The maximum Gasteiger partial charge on any atom is 0.345 e. The number of carbonyl (C=O) groups excluding carboxylic acids is 3. The number of fused-ring (bicyclic) bond motifs is 4. The van der Waals surface area contributed by atoms with Crippen LogP contribution in [-0.2, 0) is 40.6 Å². The van der Waals surface area contributed by atoms with Gasteiger partial charge in [-0.25, -0.2) is 9.00 Å². The average molecular weight is 860 g/mol. The van der Waals surface area contributed by atoms with Crippen LogP contribution in [0.25, 0.3) is 0 Å². The summed E-state index contributed by atoms with van der Waals surface area (Å²) in [6.45, 7) is 3.47. The summed E-state index contributed by atoms with van der Waals surface area (Å²) in [6.07, 6.45) is 11.1. The first-order valence-corrected chi connectivity index (χ1v) is 22.3. The summed E-state index contributed by atoms with van der Waals surface area (Å²) in [4.78, 5) is 44.0. The number of halogens is 1. The number of hydrogen-bond acceptors (Lipinski definition) is 11. The summed E-state index contributed by atoms with van der Waals surface area (Å²) < 4.78 is 48.3. The fourth-order valence-electron chi connectivity index (χ4n) is 9.16. The molecular weight excluding hydrogens is 810 g/mol. The number of aryl methyl sites for hydroxylation is 3. The van der Waals surface area contributed by atoms with Crippen molar-refractivity contribution in [1.82, 2.24) is 24.3 Å². The molecular formula is C43H50ClN7O8S. The SMILES string of the molecule is COc1nn(C)cc1C(=O)NS1(=O)=NC(=O)c2ccc3c(c2)N(C[C@@H]2CC[C@H]2[C@@H](OC(=O)c2cn(C)nc2OC)/C=C/C[C@H](C)C1)C[C@@]1(CCCc2cc(Cl)ccc21)CO3. The number of aromatic nitrogens is 4. The van der Waals surface area contributed by atoms with E-state index in [9.17, 15) is 18.6 Å². The molecule has 4 aliphatic rings. The maximum absolute atomic E-state index is 14.8. The van der Waals surface area contributed by atoms with E-state index in [-0.39, 0.29) is 57.4 Å². The highest BCUT2D eigenvalue weighted by Crippen LogP contribution is 2.47. The Morgan fingerprint density at radius 3 is 2.50 bits per heavy atom. The highest BCUT2D eigenvalue weighted by molar-refractivity contribution is 7.92. The lowest BCUT2D eigenvalue weighted by Crippen LogP contribution is -2.50. The molecule has 15 nitrogen and oxygen atoms in total. The second-order valence-electron chi connectivity index (χ2n) is 16.5. The van der Waals surface area contributed by atoms with Gasteiger partial charge in [0.25, 0.3) is 11.8 Å². The van der Waals surface area contributed by atoms with E-state index < -0.39 is 33.8 Å². The van der Waals surface area contributed by atoms with Crippen LogP contribution in [0.1, 0.15) is 81.2 Å². The van der Waals surface area contributed by atoms with Gasteiger partial charge < -0.3 is 23.8 Å². The van der Waals surface area contributed by atoms with Crippen molar-refractivity contribution in [2.75, 3.05) is 44.6 Å². The van der Waals surface area contributed by atoms with E-state index in [1.807, 2.05) is 25.1 Å². The van der Waals surface area contributed by atoms with Crippen LogP contribution in [0, 0.1) is 17.8 Å². The molecule has 1 spiro atoms. The molecule has 2 aromatic heterocycles. The lowest BCUT2D eigenvalue weighted by atomic mass is 9.68. The topological polar surface area (TPSA) is 168 Å². The van der Waals surface area contributed by atoms with Crippen molar-refractivity contribution in [3.05, 3.63) is 93.8 Å². The number of ether oxygens (including phenoxy) is 4. The van der Waals surface area contributed by atoms with E-state index in [2.05, 4.69) is 36.3 Å². The molecule has 17 heteroatoms. The van der Waals surface area contributed by atoms with Gasteiger partial charge in [-0.2, -0.15) is 0 Å². The summed E-state index contributed by atoms with van der Waals surface area (Å²) in [5.41, 5.74) is 3.21. The molecule has 0 radical (unpaired) electrons. The number of benzene rings is 2. The molecule has 1 saturated carbocycles. The summed E-state index contributed by atoms with van der Waals surface area (Å²) >= 11 is 6.50. The van der Waals surface area contributed by atoms with E-state index in [1.54, 1.807) is 38.5 Å². The number of nitrogens with zero attached hydrogens (tertiary/aromatic N) is 6. The van der Waals surface area contributed by atoms with E-state index in [0.717, 1.165) is 32.1 Å². The van der Waals surface area contributed by atoms with Gasteiger partial charge >= 0.3 is 5.97 Å². The molecule has 1 fully saturated rings. The number of allylic oxidation sites excluding steroid dienone is 1. The van der Waals surface area contributed by atoms with Gasteiger partial charge in [0, 0.05) is 61.5 Å². The Kier molecular flexibility index (Phi) is 11.5. The Balaban J connectivity index is 1.21. The van der Waals surface area contributed by atoms with Gasteiger partial charge in [0.05, 0.1) is 32.3 Å². The highest BCUT2D eigenvalue weighted by Gasteiger charge is 2.45. The molecule has 0 saturated heterocycles. The first kappa shape index (κ1) is 41.4. The van der Waals surface area contributed by atoms with Gasteiger partial charge in [-0.05, 0) is 97.9 Å². The smallest absolute Gasteiger partial charge is 0.345 e. The maximum atomic E-state index is 14.8. The number of carbonyl (C=O) groups is 3. The van der Waals surface area contributed by atoms with Crippen LogP contribution in [0.3, 0.4) is 0 Å². The number of anilines is 1. The van der Waals surface area contributed by atoms with Crippen molar-refractivity contribution < 1.29 is 37.5 Å². The second-order valence-corrected chi connectivity index (χ2v) is 19.0. The zero-order valence-corrected chi connectivity index (χ0v) is 36.0. The number of esters is 1. The molecule has 2 amide bonds. The van der Waals surface area contributed by atoms with Crippen LogP contribution in [0.5, 0.6) is 17.5 Å². The van der Waals surface area contributed by atoms with Gasteiger partial charge in [-0.15, -0.1) is 14.6 Å². The lowest BCUT2D eigenvalue weighted by molar-refractivity contribution is -0.00230. The number of hydrogen-bond donors (Lipinski definition) is 1. The Morgan fingerprint density at radius 2 is 1.77 bits per heavy atom. The molecule has 1 unspecified atom stereocenters. The van der Waals surface area contributed by atoms with Crippen LogP contribution in [-0.4, -0.2) is 87.3 Å². The first-order chi connectivity index (χ1) is 28.8. The van der Waals surface area contributed by atoms with Crippen molar-refractivity contribution in [3.63, 3.8) is 0 Å². The predicted molar refractivity (Wildman–Crippen MR) is 225 cm³/mol. The van der Waals surface area contributed by atoms with E-state index in [0.29, 0.717) is 42.6 Å². The zero-order chi connectivity index (χ0) is 42.3. The summed E-state index contributed by atoms with van der Waals surface area (Å²) in [5.74, 6) is -1.59. The van der Waals surface area contributed by atoms with Gasteiger partial charge in [-0.3, -0.25) is 23.7 Å². The van der Waals surface area contributed by atoms with Gasteiger partial charge in [0.15, 0.2) is 0 Å². The molecule has 4 heterocycles. The molecule has 6 atom stereocenters. The van der Waals surface area contributed by atoms with E-state index in [1.165, 1.54) is 40.9 Å². The molecule has 2 aromatic carbocycles. The van der Waals surface area contributed by atoms with E-state index >= 15 is 0 Å². The third-order valence-corrected chi connectivity index (χ3v) is 14.4. The third-order valence-electron chi connectivity index (χ3n) is 12.2. The normalized spacial score (nSPS) is 26.9. The summed E-state index contributed by atoms with van der Waals surface area (Å²) in [6, 6.07) is 11.3. The first-order valence-electron chi connectivity index (χ1n) is 20.2. The Morgan fingerprint density at radius 1 is 1.02 bits per heavy atom. The van der Waals surface area contributed by atoms with Crippen LogP contribution in [0.15, 0.2) is 65.3 Å². The molecule has 60 heavy (non-hydrogen) atoms. The highest BCUT2D eigenvalue weighted by atomic mass is 35.5. The fraction of sp³-hybridized carbons (Fsp3) is 0.465. The van der Waals surface area contributed by atoms with Gasteiger partial charge in [-0.1, -0.05) is 30.7 Å². The Hall–Kier alpha value is -5.35. The third kappa shape index (κ3) is 8.23. The standard InChI is InChI=1S/C43H50ClN7O8S/c1-26-8-6-10-36(59-42(54)33-22-50(3)46-41(33)57-5)31-14-11-29(31)20-51-24-43(17-7-9-27-18-30(44)13-15-34(27)43)25-58-37-16-12-28(19-35(37)51)38(52)47-60(55,23-26)48-39(53)32-21-49(2)45-40(32)56-4/h6,10,12-13,15-16,18-19,21-22,26,29,31,36H,7-9,11,14,17,20,23-25H2,1-5H3,(H,47,48,52,53,55)/b10-6+/t26-,29-,31+,36-,43-,60?/m0/s1. The van der Waals surface area contributed by atoms with Crippen LogP contribution in [0.4, 0.5) is 5.69 Å². The molecule has 2 aliphatic heterocycles. The quantitative estimate of drug-likeness (QED) is 0.176. The van der Waals surface area contributed by atoms with Gasteiger partial charge in [0.2, 0.25) is 11.8 Å². The summed E-state index contributed by atoms with van der Waals surface area (Å²) in [7, 11) is 2.46. The van der Waals surface area contributed by atoms with Crippen molar-refractivity contribution in [2.24, 2.45) is 36.2 Å². The minimum atomic E-state index is -3.73. The average Bonchev–Trinajstić information content (AvgIpc) is 3.74. The van der Waals surface area contributed by atoms with Crippen LogP contribution in [0.2, 0.25) is 5.02 Å². The number of methoxy groups -OCH3 is 2. The van der Waals surface area contributed by atoms with Gasteiger partial charge in [0.1, 0.15) is 32.9 Å².